The highest BCUT2D eigenvalue weighted by Gasteiger charge is 2.34. The minimum atomic E-state index is -0.116. The number of anilines is 1. The van der Waals surface area contributed by atoms with Crippen LogP contribution in [0.15, 0.2) is 24.3 Å². The van der Waals surface area contributed by atoms with Crippen molar-refractivity contribution < 1.29 is 14.3 Å². The van der Waals surface area contributed by atoms with Crippen molar-refractivity contribution in [3.8, 4) is 0 Å². The van der Waals surface area contributed by atoms with E-state index in [1.165, 1.54) is 4.70 Å². The number of esters is 1. The number of para-hydroxylation sites is 1. The summed E-state index contributed by atoms with van der Waals surface area (Å²) in [5.41, 5.74) is 1.02. The number of amides is 1. The first-order valence-corrected chi connectivity index (χ1v) is 11.0. The maximum atomic E-state index is 13.1. The topological polar surface area (TPSA) is 62.7 Å². The third-order valence-corrected chi connectivity index (χ3v) is 6.85. The lowest BCUT2D eigenvalue weighted by Crippen LogP contribution is -2.48. The first kappa shape index (κ1) is 19.2. The van der Waals surface area contributed by atoms with Crippen LogP contribution in [0.5, 0.6) is 0 Å². The summed E-state index contributed by atoms with van der Waals surface area (Å²) >= 11 is 1.70. The maximum Gasteiger partial charge on any atom is 0.309 e. The molecule has 1 aromatic heterocycles. The summed E-state index contributed by atoms with van der Waals surface area (Å²) in [7, 11) is 0. The molecule has 2 aliphatic heterocycles. The number of aromatic nitrogens is 1. The van der Waals surface area contributed by atoms with Gasteiger partial charge in [-0.3, -0.25) is 9.59 Å². The van der Waals surface area contributed by atoms with Crippen LogP contribution in [0.2, 0.25) is 0 Å². The molecule has 150 valence electrons. The van der Waals surface area contributed by atoms with Gasteiger partial charge in [-0.05, 0) is 44.7 Å². The van der Waals surface area contributed by atoms with E-state index in [0.717, 1.165) is 36.6 Å². The molecule has 0 radical (unpaired) electrons. The normalized spacial score (nSPS) is 21.1. The quantitative estimate of drug-likeness (QED) is 0.736. The average molecular weight is 402 g/mol. The molecule has 2 saturated heterocycles. The van der Waals surface area contributed by atoms with Gasteiger partial charge in [0.1, 0.15) is 0 Å². The number of hydrogen-bond donors (Lipinski definition) is 0. The summed E-state index contributed by atoms with van der Waals surface area (Å²) in [5.74, 6) is 0.0666. The van der Waals surface area contributed by atoms with Crippen LogP contribution in [-0.2, 0) is 14.3 Å². The molecular weight excluding hydrogens is 374 g/mol. The molecule has 4 rings (SSSR count). The highest BCUT2D eigenvalue weighted by Crippen LogP contribution is 2.32. The van der Waals surface area contributed by atoms with Gasteiger partial charge >= 0.3 is 5.97 Å². The number of fused-ring (bicyclic) bond motifs is 1. The second-order valence-electron chi connectivity index (χ2n) is 7.60. The van der Waals surface area contributed by atoms with Crippen LogP contribution in [0, 0.1) is 11.8 Å². The van der Waals surface area contributed by atoms with Crippen molar-refractivity contribution in [3.05, 3.63) is 24.3 Å². The number of hydrogen-bond acceptors (Lipinski definition) is 6. The molecule has 2 fully saturated rings. The summed E-state index contributed by atoms with van der Waals surface area (Å²) in [6, 6.07) is 8.17. The predicted octanol–water partition coefficient (Wildman–Crippen LogP) is 3.31. The largest absolute Gasteiger partial charge is 0.466 e. The number of piperidine rings is 2. The number of likely N-dealkylation sites (tertiary alicyclic amines) is 1. The fourth-order valence-electron chi connectivity index (χ4n) is 4.20. The molecule has 2 aliphatic rings. The third-order valence-electron chi connectivity index (χ3n) is 5.75. The Morgan fingerprint density at radius 3 is 2.68 bits per heavy atom. The van der Waals surface area contributed by atoms with E-state index in [1.54, 1.807) is 11.3 Å². The molecule has 7 heteroatoms. The second kappa shape index (κ2) is 8.47. The number of rotatable bonds is 4. The SMILES string of the molecule is CCOC(=O)C1CCN(C(=O)C2CCCN(c3nc4ccccc4s3)C2)CC1. The van der Waals surface area contributed by atoms with E-state index >= 15 is 0 Å². The number of thiazole rings is 1. The van der Waals surface area contributed by atoms with Crippen molar-refractivity contribution in [1.29, 1.82) is 0 Å². The highest BCUT2D eigenvalue weighted by molar-refractivity contribution is 7.22. The van der Waals surface area contributed by atoms with Crippen LogP contribution in [-0.4, -0.2) is 54.5 Å². The van der Waals surface area contributed by atoms with E-state index in [2.05, 4.69) is 11.0 Å². The summed E-state index contributed by atoms with van der Waals surface area (Å²) < 4.78 is 6.31. The first-order chi connectivity index (χ1) is 13.7. The minimum Gasteiger partial charge on any atom is -0.466 e. The third kappa shape index (κ3) is 3.99. The predicted molar refractivity (Wildman–Crippen MR) is 110 cm³/mol. The second-order valence-corrected chi connectivity index (χ2v) is 8.61. The van der Waals surface area contributed by atoms with Gasteiger partial charge in [0.2, 0.25) is 5.91 Å². The molecule has 28 heavy (non-hydrogen) atoms. The molecule has 0 aliphatic carbocycles. The fraction of sp³-hybridized carbons (Fsp3) is 0.571. The molecule has 0 N–H and O–H groups in total. The van der Waals surface area contributed by atoms with Gasteiger partial charge in [0.25, 0.3) is 0 Å². The molecule has 6 nitrogen and oxygen atoms in total. The van der Waals surface area contributed by atoms with Crippen molar-refractivity contribution in [1.82, 2.24) is 9.88 Å². The molecule has 0 bridgehead atoms. The zero-order valence-corrected chi connectivity index (χ0v) is 17.1. The lowest BCUT2D eigenvalue weighted by Gasteiger charge is -2.37. The van der Waals surface area contributed by atoms with Gasteiger partial charge in [0.15, 0.2) is 5.13 Å². The van der Waals surface area contributed by atoms with Gasteiger partial charge < -0.3 is 14.5 Å². The van der Waals surface area contributed by atoms with Crippen LogP contribution < -0.4 is 4.90 Å². The number of ether oxygens (including phenoxy) is 1. The van der Waals surface area contributed by atoms with Gasteiger partial charge in [0.05, 0.1) is 28.7 Å². The van der Waals surface area contributed by atoms with E-state index in [0.29, 0.717) is 32.5 Å². The molecule has 1 unspecified atom stereocenters. The summed E-state index contributed by atoms with van der Waals surface area (Å²) in [6.45, 7) is 5.24. The Balaban J connectivity index is 1.36. The van der Waals surface area contributed by atoms with Crippen molar-refractivity contribution >= 4 is 38.6 Å². The Morgan fingerprint density at radius 2 is 1.93 bits per heavy atom. The smallest absolute Gasteiger partial charge is 0.309 e. The van der Waals surface area contributed by atoms with Gasteiger partial charge in [-0.15, -0.1) is 0 Å². The van der Waals surface area contributed by atoms with Crippen LogP contribution in [0.1, 0.15) is 32.6 Å². The Morgan fingerprint density at radius 1 is 1.14 bits per heavy atom. The van der Waals surface area contributed by atoms with Crippen LogP contribution >= 0.6 is 11.3 Å². The summed E-state index contributed by atoms with van der Waals surface area (Å²) in [6.07, 6.45) is 3.35. The van der Waals surface area contributed by atoms with E-state index in [9.17, 15) is 9.59 Å². The minimum absolute atomic E-state index is 0.0138. The molecule has 1 amide bonds. The number of carbonyl (C=O) groups excluding carboxylic acids is 2. The van der Waals surface area contributed by atoms with E-state index in [4.69, 9.17) is 9.72 Å². The van der Waals surface area contributed by atoms with Crippen molar-refractivity contribution in [2.24, 2.45) is 11.8 Å². The van der Waals surface area contributed by atoms with Gasteiger partial charge in [-0.2, -0.15) is 0 Å². The Kier molecular flexibility index (Phi) is 5.80. The summed E-state index contributed by atoms with van der Waals surface area (Å²) in [5, 5.41) is 1.01. The number of benzene rings is 1. The first-order valence-electron chi connectivity index (χ1n) is 10.2. The van der Waals surface area contributed by atoms with E-state index in [1.807, 2.05) is 30.0 Å². The number of nitrogens with zero attached hydrogens (tertiary/aromatic N) is 3. The fourth-order valence-corrected chi connectivity index (χ4v) is 5.20. The van der Waals surface area contributed by atoms with Crippen molar-refractivity contribution in [2.75, 3.05) is 37.7 Å². The van der Waals surface area contributed by atoms with Crippen LogP contribution in [0.3, 0.4) is 0 Å². The molecule has 1 aromatic carbocycles. The maximum absolute atomic E-state index is 13.1. The molecule has 1 atom stereocenters. The number of carbonyl (C=O) groups is 2. The summed E-state index contributed by atoms with van der Waals surface area (Å²) in [4.78, 5) is 34.0. The highest BCUT2D eigenvalue weighted by atomic mass is 32.1. The lowest BCUT2D eigenvalue weighted by molar-refractivity contribution is -0.151. The molecule has 3 heterocycles. The molecule has 2 aromatic rings. The monoisotopic (exact) mass is 401 g/mol. The standard InChI is InChI=1S/C21H27N3O3S/c1-2-27-20(26)15-9-12-23(13-10-15)19(25)16-6-5-11-24(14-16)21-22-17-7-3-4-8-18(17)28-21/h3-4,7-8,15-16H,2,5-6,9-14H2,1H3. The van der Waals surface area contributed by atoms with Gasteiger partial charge in [-0.1, -0.05) is 23.5 Å². The lowest BCUT2D eigenvalue weighted by atomic mass is 9.93. The van der Waals surface area contributed by atoms with E-state index in [-0.39, 0.29) is 23.7 Å². The Labute approximate surface area is 169 Å². The van der Waals surface area contributed by atoms with Crippen LogP contribution in [0.25, 0.3) is 10.2 Å². The van der Waals surface area contributed by atoms with Gasteiger partial charge in [-0.25, -0.2) is 4.98 Å². The van der Waals surface area contributed by atoms with E-state index < -0.39 is 0 Å². The Hall–Kier alpha value is -2.15. The molecule has 0 spiro atoms. The average Bonchev–Trinajstić information content (AvgIpc) is 3.18. The Bertz CT molecular complexity index is 811. The van der Waals surface area contributed by atoms with Crippen LogP contribution in [0.4, 0.5) is 5.13 Å². The zero-order valence-electron chi connectivity index (χ0n) is 16.3. The zero-order chi connectivity index (χ0) is 19.5. The van der Waals surface area contributed by atoms with Gasteiger partial charge in [0, 0.05) is 26.2 Å². The van der Waals surface area contributed by atoms with Crippen molar-refractivity contribution in [2.45, 2.75) is 32.6 Å². The molecule has 0 saturated carbocycles. The van der Waals surface area contributed by atoms with Crippen molar-refractivity contribution in [3.63, 3.8) is 0 Å². The molecular formula is C21H27N3O3S.